The molecule has 1 aliphatic rings. The molecule has 0 amide bonds. The van der Waals surface area contributed by atoms with Crippen LogP contribution >= 0.6 is 0 Å². The van der Waals surface area contributed by atoms with Crippen LogP contribution in [0.5, 0.6) is 5.75 Å². The summed E-state index contributed by atoms with van der Waals surface area (Å²) in [5, 5.41) is 9.18. The summed E-state index contributed by atoms with van der Waals surface area (Å²) in [4.78, 5) is 6.03. The number of anilines is 1. The summed E-state index contributed by atoms with van der Waals surface area (Å²) in [6, 6.07) is 6.89. The molecule has 1 aliphatic heterocycles. The van der Waals surface area contributed by atoms with Gasteiger partial charge in [-0.05, 0) is 30.3 Å². The number of ether oxygens (including phenoxy) is 1. The van der Waals surface area contributed by atoms with Crippen molar-refractivity contribution in [3.63, 3.8) is 0 Å². The Bertz CT molecular complexity index is 384. The molecule has 0 saturated carbocycles. The zero-order chi connectivity index (χ0) is 10.7. The highest BCUT2D eigenvalue weighted by molar-refractivity contribution is 5.74. The van der Waals surface area contributed by atoms with Crippen LogP contribution in [-0.2, 0) is 4.74 Å². The predicted octanol–water partition coefficient (Wildman–Crippen LogP) is 1.73. The van der Waals surface area contributed by atoms with E-state index < -0.39 is 0 Å². The van der Waals surface area contributed by atoms with Crippen LogP contribution in [0.2, 0.25) is 0 Å². The number of methoxy groups -OCH3 is 1. The molecule has 1 heterocycles. The molecule has 2 rings (SSSR count). The van der Waals surface area contributed by atoms with Gasteiger partial charge in [0.25, 0.3) is 0 Å². The van der Waals surface area contributed by atoms with Crippen molar-refractivity contribution < 1.29 is 9.84 Å². The number of aliphatic imine (C=N–C) groups is 1. The zero-order valence-corrected chi connectivity index (χ0v) is 8.37. The second-order valence-electron chi connectivity index (χ2n) is 3.13. The maximum atomic E-state index is 9.18. The van der Waals surface area contributed by atoms with Crippen molar-refractivity contribution in [2.24, 2.45) is 4.99 Å². The summed E-state index contributed by atoms with van der Waals surface area (Å²) < 4.78 is 5.20. The Morgan fingerprint density at radius 3 is 2.73 bits per heavy atom. The lowest BCUT2D eigenvalue weighted by Crippen LogP contribution is -2.32. The minimum Gasteiger partial charge on any atom is -0.508 e. The van der Waals surface area contributed by atoms with Gasteiger partial charge in [-0.25, -0.2) is 4.99 Å². The molecule has 1 unspecified atom stereocenters. The van der Waals surface area contributed by atoms with E-state index in [-0.39, 0.29) is 12.1 Å². The predicted molar refractivity (Wildman–Crippen MR) is 59.0 cm³/mol. The van der Waals surface area contributed by atoms with E-state index in [9.17, 15) is 5.11 Å². The number of rotatable bonds is 2. The monoisotopic (exact) mass is 204 g/mol. The molecule has 0 bridgehead atoms. The highest BCUT2D eigenvalue weighted by Gasteiger charge is 2.15. The van der Waals surface area contributed by atoms with Crippen molar-refractivity contribution in [1.82, 2.24) is 0 Å². The fourth-order valence-corrected chi connectivity index (χ4v) is 1.41. The number of nitrogens with zero attached hydrogens (tertiary/aromatic N) is 2. The minimum atomic E-state index is -0.334. The number of aromatic hydroxyl groups is 1. The average Bonchev–Trinajstić information content (AvgIpc) is 2.30. The Kier molecular flexibility index (Phi) is 2.69. The van der Waals surface area contributed by atoms with E-state index in [0.717, 1.165) is 5.69 Å². The highest BCUT2D eigenvalue weighted by atomic mass is 16.5. The molecular weight excluding hydrogens is 192 g/mol. The Balaban J connectivity index is 2.26. The van der Waals surface area contributed by atoms with Gasteiger partial charge in [0.15, 0.2) is 0 Å². The normalized spacial score (nSPS) is 19.5. The molecule has 78 valence electrons. The van der Waals surface area contributed by atoms with Gasteiger partial charge in [-0.2, -0.15) is 0 Å². The molecule has 0 fully saturated rings. The van der Waals surface area contributed by atoms with E-state index in [1.54, 1.807) is 25.5 Å². The third-order valence-electron chi connectivity index (χ3n) is 2.14. The highest BCUT2D eigenvalue weighted by Crippen LogP contribution is 2.22. The fourth-order valence-electron chi connectivity index (χ4n) is 1.41. The molecule has 4 heteroatoms. The summed E-state index contributed by atoms with van der Waals surface area (Å²) >= 11 is 0. The average molecular weight is 204 g/mol. The van der Waals surface area contributed by atoms with Crippen molar-refractivity contribution in [1.29, 1.82) is 0 Å². The number of benzene rings is 1. The molecule has 4 nitrogen and oxygen atoms in total. The number of hydrogen-bond acceptors (Lipinski definition) is 4. The van der Waals surface area contributed by atoms with Crippen LogP contribution < -0.4 is 4.90 Å². The number of hydrogen-bond donors (Lipinski definition) is 1. The molecule has 1 aromatic rings. The third-order valence-corrected chi connectivity index (χ3v) is 2.14. The zero-order valence-electron chi connectivity index (χ0n) is 8.37. The molecule has 1 atom stereocenters. The fraction of sp³-hybridized carbons (Fsp3) is 0.182. The van der Waals surface area contributed by atoms with Gasteiger partial charge in [0.1, 0.15) is 5.75 Å². The molecule has 0 radical (unpaired) electrons. The van der Waals surface area contributed by atoms with Crippen LogP contribution in [0, 0.1) is 0 Å². The number of phenols is 1. The van der Waals surface area contributed by atoms with Crippen LogP contribution in [0.15, 0.2) is 41.5 Å². The van der Waals surface area contributed by atoms with Gasteiger partial charge in [-0.15, -0.1) is 0 Å². The summed E-state index contributed by atoms with van der Waals surface area (Å²) in [5.41, 5.74) is 0.924. The largest absolute Gasteiger partial charge is 0.508 e. The SMILES string of the molecule is COC1N=CC=CN1c1ccc(O)cc1. The van der Waals surface area contributed by atoms with Crippen LogP contribution in [0.3, 0.4) is 0 Å². The van der Waals surface area contributed by atoms with Crippen molar-refractivity contribution in [2.75, 3.05) is 12.0 Å². The minimum absolute atomic E-state index is 0.247. The van der Waals surface area contributed by atoms with Crippen LogP contribution in [0.4, 0.5) is 5.69 Å². The van der Waals surface area contributed by atoms with Crippen molar-refractivity contribution >= 4 is 11.9 Å². The molecule has 1 aromatic carbocycles. The molecule has 0 aromatic heterocycles. The molecule has 15 heavy (non-hydrogen) atoms. The van der Waals surface area contributed by atoms with Crippen molar-refractivity contribution in [3.8, 4) is 5.75 Å². The quantitative estimate of drug-likeness (QED) is 0.797. The molecule has 0 spiro atoms. The van der Waals surface area contributed by atoms with Gasteiger partial charge in [-0.1, -0.05) is 0 Å². The summed E-state index contributed by atoms with van der Waals surface area (Å²) in [7, 11) is 1.61. The molecule has 0 saturated heterocycles. The maximum absolute atomic E-state index is 9.18. The Hall–Kier alpha value is -1.81. The molecule has 1 N–H and O–H groups in total. The topological polar surface area (TPSA) is 45.1 Å². The first kappa shape index (κ1) is 9.73. The van der Waals surface area contributed by atoms with E-state index in [2.05, 4.69) is 4.99 Å². The van der Waals surface area contributed by atoms with Crippen LogP contribution in [0.1, 0.15) is 0 Å². The van der Waals surface area contributed by atoms with E-state index >= 15 is 0 Å². The lowest BCUT2D eigenvalue weighted by molar-refractivity contribution is 0.114. The van der Waals surface area contributed by atoms with Gasteiger partial charge >= 0.3 is 0 Å². The van der Waals surface area contributed by atoms with Gasteiger partial charge in [0.2, 0.25) is 6.35 Å². The first-order valence-corrected chi connectivity index (χ1v) is 4.61. The molecular formula is C11H12N2O2. The van der Waals surface area contributed by atoms with E-state index in [1.165, 1.54) is 0 Å². The maximum Gasteiger partial charge on any atom is 0.231 e. The van der Waals surface area contributed by atoms with E-state index in [0.29, 0.717) is 0 Å². The van der Waals surface area contributed by atoms with Crippen molar-refractivity contribution in [2.45, 2.75) is 6.35 Å². The third kappa shape index (κ3) is 1.99. The Morgan fingerprint density at radius 2 is 2.07 bits per heavy atom. The van der Waals surface area contributed by atoms with Gasteiger partial charge < -0.3 is 14.7 Å². The standard InChI is InChI=1S/C11H12N2O2/c1-15-11-12-7-2-8-13(11)9-3-5-10(14)6-4-9/h2-8,11,14H,1H3. The first-order chi connectivity index (χ1) is 7.31. The summed E-state index contributed by atoms with van der Waals surface area (Å²) in [6.45, 7) is 0. The summed E-state index contributed by atoms with van der Waals surface area (Å²) in [5.74, 6) is 0.247. The second kappa shape index (κ2) is 4.14. The van der Waals surface area contributed by atoms with Gasteiger partial charge in [0, 0.05) is 25.2 Å². The van der Waals surface area contributed by atoms with Crippen molar-refractivity contribution in [3.05, 3.63) is 36.5 Å². The van der Waals surface area contributed by atoms with Crippen LogP contribution in [0.25, 0.3) is 0 Å². The Labute approximate surface area is 88.1 Å². The first-order valence-electron chi connectivity index (χ1n) is 4.61. The lowest BCUT2D eigenvalue weighted by Gasteiger charge is -2.27. The van der Waals surface area contributed by atoms with E-state index in [4.69, 9.17) is 4.74 Å². The van der Waals surface area contributed by atoms with Crippen LogP contribution in [-0.4, -0.2) is 24.8 Å². The second-order valence-corrected chi connectivity index (χ2v) is 3.13. The smallest absolute Gasteiger partial charge is 0.231 e. The van der Waals surface area contributed by atoms with E-state index in [1.807, 2.05) is 29.3 Å². The summed E-state index contributed by atoms with van der Waals surface area (Å²) in [6.07, 6.45) is 5.08. The molecule has 0 aliphatic carbocycles. The van der Waals surface area contributed by atoms with Gasteiger partial charge in [0.05, 0.1) is 0 Å². The van der Waals surface area contributed by atoms with Gasteiger partial charge in [-0.3, -0.25) is 0 Å². The number of allylic oxidation sites excluding steroid dienone is 1. The number of phenolic OH excluding ortho intramolecular Hbond substituents is 1. The Morgan fingerprint density at radius 1 is 1.33 bits per heavy atom. The lowest BCUT2D eigenvalue weighted by atomic mass is 10.3.